The number of terminal acetylenes is 1. The van der Waals surface area contributed by atoms with E-state index in [1.807, 2.05) is 0 Å². The third-order valence-corrected chi connectivity index (χ3v) is 3.89. The number of allylic oxidation sites excluding steroid dienone is 1. The number of alkyl halides is 3. The number of hydrogen-bond donors (Lipinski definition) is 0. The van der Waals surface area contributed by atoms with Crippen molar-refractivity contribution in [2.24, 2.45) is 0 Å². The number of hydrogen-bond acceptors (Lipinski definition) is 2. The Bertz CT molecular complexity index is 626. The number of rotatable bonds is 2. The SMILES string of the molecule is C#CC[C@]1(c2ccc(C(F)(F)F)cc2)C/C(=C\Br)OC1=O. The third kappa shape index (κ3) is 2.84. The molecule has 1 heterocycles. The van der Waals surface area contributed by atoms with Crippen molar-refractivity contribution in [2.75, 3.05) is 0 Å². The molecule has 2 rings (SSSR count). The van der Waals surface area contributed by atoms with Crippen molar-refractivity contribution >= 4 is 21.9 Å². The van der Waals surface area contributed by atoms with E-state index in [-0.39, 0.29) is 12.8 Å². The van der Waals surface area contributed by atoms with Gasteiger partial charge in [0.15, 0.2) is 0 Å². The second-order valence-corrected chi connectivity index (χ2v) is 5.14. The minimum Gasteiger partial charge on any atom is -0.430 e. The molecule has 0 spiro atoms. The highest BCUT2D eigenvalue weighted by molar-refractivity contribution is 9.11. The van der Waals surface area contributed by atoms with Gasteiger partial charge < -0.3 is 4.74 Å². The third-order valence-electron chi connectivity index (χ3n) is 3.38. The zero-order valence-corrected chi connectivity index (χ0v) is 12.3. The van der Waals surface area contributed by atoms with Crippen molar-refractivity contribution in [3.8, 4) is 12.3 Å². The first-order valence-electron chi connectivity index (χ1n) is 5.96. The van der Waals surface area contributed by atoms with Crippen LogP contribution in [0.25, 0.3) is 0 Å². The lowest BCUT2D eigenvalue weighted by atomic mass is 9.76. The summed E-state index contributed by atoms with van der Waals surface area (Å²) in [6, 6.07) is 4.44. The van der Waals surface area contributed by atoms with Crippen molar-refractivity contribution < 1.29 is 22.7 Å². The van der Waals surface area contributed by atoms with Crippen molar-refractivity contribution in [3.05, 3.63) is 46.1 Å². The number of cyclic esters (lactones) is 1. The van der Waals surface area contributed by atoms with E-state index in [0.717, 1.165) is 12.1 Å². The maximum Gasteiger partial charge on any atom is 0.416 e. The number of esters is 1. The van der Waals surface area contributed by atoms with Gasteiger partial charge >= 0.3 is 12.1 Å². The molecule has 0 bridgehead atoms. The van der Waals surface area contributed by atoms with E-state index in [0.29, 0.717) is 11.3 Å². The summed E-state index contributed by atoms with van der Waals surface area (Å²) in [4.78, 5) is 13.6. The van der Waals surface area contributed by atoms with Crippen molar-refractivity contribution in [1.29, 1.82) is 0 Å². The van der Waals surface area contributed by atoms with Gasteiger partial charge in [0.25, 0.3) is 0 Å². The lowest BCUT2D eigenvalue weighted by molar-refractivity contribution is -0.140. The van der Waals surface area contributed by atoms with Gasteiger partial charge in [-0.15, -0.1) is 12.3 Å². The van der Waals surface area contributed by atoms with E-state index in [1.165, 1.54) is 17.1 Å². The molecular weight excluding hydrogens is 349 g/mol. The molecule has 0 radical (unpaired) electrons. The van der Waals surface area contributed by atoms with Crippen LogP contribution < -0.4 is 0 Å². The number of ether oxygens (including phenoxy) is 1. The monoisotopic (exact) mass is 358 g/mol. The van der Waals surface area contributed by atoms with E-state index < -0.39 is 23.1 Å². The van der Waals surface area contributed by atoms with Crippen LogP contribution in [0.4, 0.5) is 13.2 Å². The average Bonchev–Trinajstić information content (AvgIpc) is 2.76. The predicted molar refractivity (Wildman–Crippen MR) is 74.3 cm³/mol. The normalized spacial score (nSPS) is 24.0. The van der Waals surface area contributed by atoms with Crippen LogP contribution in [0.15, 0.2) is 35.0 Å². The standard InChI is InChI=1S/C15H10BrF3O2/c1-2-7-14(8-12(9-16)21-13(14)20)10-3-5-11(6-4-10)15(17,18)19/h1,3-6,9H,7-8H2/b12-9+/t14-/m1/s1. The molecule has 0 N–H and O–H groups in total. The van der Waals surface area contributed by atoms with E-state index in [4.69, 9.17) is 11.2 Å². The summed E-state index contributed by atoms with van der Waals surface area (Å²) in [5.74, 6) is 2.25. The Labute approximate surface area is 128 Å². The summed E-state index contributed by atoms with van der Waals surface area (Å²) in [5.41, 5.74) is -1.48. The van der Waals surface area contributed by atoms with Gasteiger partial charge in [0, 0.05) is 17.8 Å². The molecule has 0 unspecified atom stereocenters. The second-order valence-electron chi connectivity index (χ2n) is 4.68. The maximum absolute atomic E-state index is 12.6. The molecule has 1 saturated heterocycles. The van der Waals surface area contributed by atoms with E-state index in [9.17, 15) is 18.0 Å². The van der Waals surface area contributed by atoms with Crippen LogP contribution in [0.2, 0.25) is 0 Å². The Hall–Kier alpha value is -1.74. The van der Waals surface area contributed by atoms with Crippen LogP contribution in [0.3, 0.4) is 0 Å². The van der Waals surface area contributed by atoms with Gasteiger partial charge in [0.05, 0.1) is 5.56 Å². The summed E-state index contributed by atoms with van der Waals surface area (Å²) in [6.45, 7) is 0. The van der Waals surface area contributed by atoms with Gasteiger partial charge in [-0.1, -0.05) is 28.1 Å². The molecular formula is C15H10BrF3O2. The molecule has 1 aliphatic rings. The molecule has 21 heavy (non-hydrogen) atoms. The Kier molecular flexibility index (Phi) is 4.15. The van der Waals surface area contributed by atoms with Crippen molar-refractivity contribution in [3.63, 3.8) is 0 Å². The van der Waals surface area contributed by atoms with Gasteiger partial charge in [0.1, 0.15) is 11.2 Å². The molecule has 0 saturated carbocycles. The van der Waals surface area contributed by atoms with Crippen molar-refractivity contribution in [2.45, 2.75) is 24.4 Å². The number of carbonyl (C=O) groups is 1. The lowest BCUT2D eigenvalue weighted by Gasteiger charge is -2.22. The number of carbonyl (C=O) groups excluding carboxylic acids is 1. The summed E-state index contributed by atoms with van der Waals surface area (Å²) in [7, 11) is 0. The Morgan fingerprint density at radius 1 is 1.38 bits per heavy atom. The fourth-order valence-electron chi connectivity index (χ4n) is 2.29. The van der Waals surface area contributed by atoms with E-state index in [1.54, 1.807) is 0 Å². The topological polar surface area (TPSA) is 26.3 Å². The molecule has 110 valence electrons. The van der Waals surface area contributed by atoms with Crippen LogP contribution in [-0.4, -0.2) is 5.97 Å². The van der Waals surface area contributed by atoms with Crippen LogP contribution in [0.1, 0.15) is 24.0 Å². The molecule has 1 aliphatic heterocycles. The Morgan fingerprint density at radius 2 is 2.00 bits per heavy atom. The Morgan fingerprint density at radius 3 is 2.43 bits per heavy atom. The average molecular weight is 359 g/mol. The first-order valence-corrected chi connectivity index (χ1v) is 6.88. The number of benzene rings is 1. The lowest BCUT2D eigenvalue weighted by Crippen LogP contribution is -2.31. The summed E-state index contributed by atoms with van der Waals surface area (Å²) < 4.78 is 42.9. The molecule has 1 fully saturated rings. The molecule has 0 aliphatic carbocycles. The van der Waals surface area contributed by atoms with Gasteiger partial charge in [-0.3, -0.25) is 4.79 Å². The Balaban J connectivity index is 2.45. The molecule has 0 amide bonds. The van der Waals surface area contributed by atoms with E-state index >= 15 is 0 Å². The largest absolute Gasteiger partial charge is 0.430 e. The van der Waals surface area contributed by atoms with Gasteiger partial charge in [0.2, 0.25) is 0 Å². The van der Waals surface area contributed by atoms with Gasteiger partial charge in [-0.25, -0.2) is 0 Å². The molecule has 0 aromatic heterocycles. The van der Waals surface area contributed by atoms with E-state index in [2.05, 4.69) is 21.9 Å². The van der Waals surface area contributed by atoms with Crippen LogP contribution >= 0.6 is 15.9 Å². The summed E-state index contributed by atoms with van der Waals surface area (Å²) >= 11 is 3.08. The first-order chi connectivity index (χ1) is 9.83. The highest BCUT2D eigenvalue weighted by Gasteiger charge is 2.48. The molecule has 1 aromatic carbocycles. The quantitative estimate of drug-likeness (QED) is 0.586. The molecule has 6 heteroatoms. The molecule has 1 atom stereocenters. The van der Waals surface area contributed by atoms with Gasteiger partial charge in [-0.2, -0.15) is 13.2 Å². The fraction of sp³-hybridized carbons (Fsp3) is 0.267. The minimum absolute atomic E-state index is 0.0571. The van der Waals surface area contributed by atoms with Crippen LogP contribution in [0.5, 0.6) is 0 Å². The fourth-order valence-corrected chi connectivity index (χ4v) is 2.55. The number of halogens is 4. The smallest absolute Gasteiger partial charge is 0.416 e. The van der Waals surface area contributed by atoms with Crippen LogP contribution in [-0.2, 0) is 21.1 Å². The maximum atomic E-state index is 12.6. The zero-order valence-electron chi connectivity index (χ0n) is 10.7. The molecule has 1 aromatic rings. The first kappa shape index (κ1) is 15.6. The highest BCUT2D eigenvalue weighted by Crippen LogP contribution is 2.43. The summed E-state index contributed by atoms with van der Waals surface area (Å²) in [6.07, 6.45) is 1.16. The minimum atomic E-state index is -4.42. The zero-order chi connectivity index (χ0) is 15.7. The summed E-state index contributed by atoms with van der Waals surface area (Å²) in [5, 5.41) is 0. The van der Waals surface area contributed by atoms with Crippen molar-refractivity contribution in [1.82, 2.24) is 0 Å². The highest BCUT2D eigenvalue weighted by atomic mass is 79.9. The predicted octanol–water partition coefficient (Wildman–Crippen LogP) is 4.15. The van der Waals surface area contributed by atoms with Crippen LogP contribution in [0, 0.1) is 12.3 Å². The molecule has 2 nitrogen and oxygen atoms in total. The second kappa shape index (κ2) is 5.57. The van der Waals surface area contributed by atoms with Gasteiger partial charge in [-0.05, 0) is 17.7 Å².